The third-order valence-electron chi connectivity index (χ3n) is 3.58. The number of nitrogens with zero attached hydrogens (tertiary/aromatic N) is 1. The first-order valence-corrected chi connectivity index (χ1v) is 5.74. The molecule has 0 radical (unpaired) electrons. The van der Waals surface area contributed by atoms with Crippen molar-refractivity contribution in [2.75, 3.05) is 26.2 Å². The fraction of sp³-hybridized carbons (Fsp3) is 0.909. The Morgan fingerprint density at radius 1 is 1.36 bits per heavy atom. The van der Waals surface area contributed by atoms with E-state index in [1.807, 2.05) is 0 Å². The molecular formula is C11H20N2O. The number of carbonyl (C=O) groups excluding carboxylic acids is 1. The second-order valence-electron chi connectivity index (χ2n) is 4.81. The Morgan fingerprint density at radius 3 is 2.93 bits per heavy atom. The van der Waals surface area contributed by atoms with Crippen molar-refractivity contribution in [1.82, 2.24) is 10.2 Å². The van der Waals surface area contributed by atoms with Crippen molar-refractivity contribution >= 4 is 6.41 Å². The zero-order valence-electron chi connectivity index (χ0n) is 8.80. The summed E-state index contributed by atoms with van der Waals surface area (Å²) in [6, 6.07) is 0. The van der Waals surface area contributed by atoms with Crippen LogP contribution in [0.2, 0.25) is 0 Å². The zero-order chi connectivity index (χ0) is 9.86. The van der Waals surface area contributed by atoms with Gasteiger partial charge in [0.15, 0.2) is 0 Å². The summed E-state index contributed by atoms with van der Waals surface area (Å²) in [5.41, 5.74) is 0.732. The van der Waals surface area contributed by atoms with Crippen molar-refractivity contribution in [3.63, 3.8) is 0 Å². The number of amides is 1. The van der Waals surface area contributed by atoms with Crippen molar-refractivity contribution in [3.05, 3.63) is 0 Å². The quantitative estimate of drug-likeness (QED) is 0.525. The number of likely N-dealkylation sites (tertiary alicyclic amines) is 1. The molecule has 0 atom stereocenters. The van der Waals surface area contributed by atoms with Gasteiger partial charge in [-0.1, -0.05) is 0 Å². The molecule has 1 spiro atoms. The standard InChI is InChI=1S/C11H20N2O/c14-10-12-6-2-8-13-7-1-3-11(9-13)4-5-11/h10H,1-9H2,(H,12,14). The normalized spacial score (nSPS) is 24.9. The third-order valence-corrected chi connectivity index (χ3v) is 3.58. The minimum absolute atomic E-state index is 0.732. The molecule has 3 nitrogen and oxygen atoms in total. The van der Waals surface area contributed by atoms with Crippen LogP contribution in [0.4, 0.5) is 0 Å². The molecule has 14 heavy (non-hydrogen) atoms. The maximum atomic E-state index is 10.0. The predicted molar refractivity (Wildman–Crippen MR) is 56.0 cm³/mol. The monoisotopic (exact) mass is 196 g/mol. The van der Waals surface area contributed by atoms with Gasteiger partial charge in [-0.05, 0) is 50.6 Å². The fourth-order valence-corrected chi connectivity index (χ4v) is 2.55. The van der Waals surface area contributed by atoms with Crippen LogP contribution in [0.1, 0.15) is 32.1 Å². The molecular weight excluding hydrogens is 176 g/mol. The Kier molecular flexibility index (Phi) is 3.06. The Morgan fingerprint density at radius 2 is 2.21 bits per heavy atom. The summed E-state index contributed by atoms with van der Waals surface area (Å²) in [5, 5.41) is 2.72. The highest BCUT2D eigenvalue weighted by atomic mass is 16.1. The number of nitrogens with one attached hydrogen (secondary N) is 1. The number of carbonyl (C=O) groups is 1. The van der Waals surface area contributed by atoms with E-state index in [4.69, 9.17) is 0 Å². The van der Waals surface area contributed by atoms with E-state index in [1.54, 1.807) is 0 Å². The van der Waals surface area contributed by atoms with Gasteiger partial charge in [-0.15, -0.1) is 0 Å². The lowest BCUT2D eigenvalue weighted by atomic mass is 9.95. The van der Waals surface area contributed by atoms with Gasteiger partial charge in [-0.25, -0.2) is 0 Å². The maximum Gasteiger partial charge on any atom is 0.207 e. The lowest BCUT2D eigenvalue weighted by Crippen LogP contribution is -2.37. The highest BCUT2D eigenvalue weighted by molar-refractivity contribution is 5.45. The average molecular weight is 196 g/mol. The van der Waals surface area contributed by atoms with Crippen LogP contribution < -0.4 is 5.32 Å². The lowest BCUT2D eigenvalue weighted by molar-refractivity contribution is -0.109. The van der Waals surface area contributed by atoms with E-state index in [9.17, 15) is 4.79 Å². The number of piperidine rings is 1. The highest BCUT2D eigenvalue weighted by Gasteiger charge is 2.44. The van der Waals surface area contributed by atoms with Gasteiger partial charge in [0.05, 0.1) is 0 Å². The van der Waals surface area contributed by atoms with Crippen LogP contribution in [0.5, 0.6) is 0 Å². The van der Waals surface area contributed by atoms with Crippen LogP contribution in [0.15, 0.2) is 0 Å². The first-order chi connectivity index (χ1) is 6.85. The molecule has 1 saturated carbocycles. The summed E-state index contributed by atoms with van der Waals surface area (Å²) in [6.45, 7) is 4.56. The minimum Gasteiger partial charge on any atom is -0.359 e. The number of hydrogen-bond acceptors (Lipinski definition) is 2. The summed E-state index contributed by atoms with van der Waals surface area (Å²) < 4.78 is 0. The van der Waals surface area contributed by atoms with Crippen LogP contribution in [0.25, 0.3) is 0 Å². The second kappa shape index (κ2) is 4.30. The van der Waals surface area contributed by atoms with Crippen molar-refractivity contribution in [3.8, 4) is 0 Å². The third kappa shape index (κ3) is 2.47. The molecule has 2 rings (SSSR count). The summed E-state index contributed by atoms with van der Waals surface area (Å²) >= 11 is 0. The summed E-state index contributed by atoms with van der Waals surface area (Å²) in [7, 11) is 0. The summed E-state index contributed by atoms with van der Waals surface area (Å²) in [4.78, 5) is 12.6. The molecule has 0 aromatic rings. The first-order valence-electron chi connectivity index (χ1n) is 5.74. The van der Waals surface area contributed by atoms with Crippen LogP contribution in [0.3, 0.4) is 0 Å². The van der Waals surface area contributed by atoms with E-state index in [0.717, 1.165) is 31.3 Å². The summed E-state index contributed by atoms with van der Waals surface area (Å²) in [6.07, 6.45) is 7.62. The molecule has 0 aromatic carbocycles. The minimum atomic E-state index is 0.732. The van der Waals surface area contributed by atoms with E-state index >= 15 is 0 Å². The van der Waals surface area contributed by atoms with Crippen LogP contribution in [0, 0.1) is 5.41 Å². The maximum absolute atomic E-state index is 10.0. The van der Waals surface area contributed by atoms with E-state index in [1.165, 1.54) is 38.8 Å². The molecule has 2 aliphatic rings. The van der Waals surface area contributed by atoms with Gasteiger partial charge in [0.2, 0.25) is 6.41 Å². The average Bonchev–Trinajstić information content (AvgIpc) is 2.93. The Labute approximate surface area is 85.8 Å². The van der Waals surface area contributed by atoms with Gasteiger partial charge in [-0.2, -0.15) is 0 Å². The van der Waals surface area contributed by atoms with E-state index in [2.05, 4.69) is 10.2 Å². The molecule has 3 heteroatoms. The van der Waals surface area contributed by atoms with E-state index in [-0.39, 0.29) is 0 Å². The van der Waals surface area contributed by atoms with Crippen molar-refractivity contribution in [2.45, 2.75) is 32.1 Å². The van der Waals surface area contributed by atoms with Crippen molar-refractivity contribution < 1.29 is 4.79 Å². The molecule has 0 aromatic heterocycles. The molecule has 1 aliphatic carbocycles. The Bertz CT molecular complexity index is 201. The topological polar surface area (TPSA) is 32.3 Å². The van der Waals surface area contributed by atoms with Gasteiger partial charge in [0.1, 0.15) is 0 Å². The molecule has 1 heterocycles. The second-order valence-corrected chi connectivity index (χ2v) is 4.81. The Balaban J connectivity index is 1.63. The molecule has 0 unspecified atom stereocenters. The molecule has 80 valence electrons. The molecule has 0 bridgehead atoms. The Hall–Kier alpha value is -0.570. The van der Waals surface area contributed by atoms with Gasteiger partial charge in [-0.3, -0.25) is 4.79 Å². The van der Waals surface area contributed by atoms with Crippen LogP contribution >= 0.6 is 0 Å². The van der Waals surface area contributed by atoms with Gasteiger partial charge < -0.3 is 10.2 Å². The molecule has 1 N–H and O–H groups in total. The predicted octanol–water partition coefficient (Wildman–Crippen LogP) is 0.998. The molecule has 1 aliphatic heterocycles. The largest absolute Gasteiger partial charge is 0.359 e. The fourth-order valence-electron chi connectivity index (χ4n) is 2.55. The van der Waals surface area contributed by atoms with Crippen LogP contribution in [-0.4, -0.2) is 37.5 Å². The molecule has 2 fully saturated rings. The molecule has 1 amide bonds. The highest BCUT2D eigenvalue weighted by Crippen LogP contribution is 2.51. The van der Waals surface area contributed by atoms with Gasteiger partial charge >= 0.3 is 0 Å². The molecule has 1 saturated heterocycles. The lowest BCUT2D eigenvalue weighted by Gasteiger charge is -2.32. The van der Waals surface area contributed by atoms with E-state index in [0.29, 0.717) is 0 Å². The van der Waals surface area contributed by atoms with Crippen molar-refractivity contribution in [1.29, 1.82) is 0 Å². The summed E-state index contributed by atoms with van der Waals surface area (Å²) in [5.74, 6) is 0. The van der Waals surface area contributed by atoms with Crippen molar-refractivity contribution in [2.24, 2.45) is 5.41 Å². The number of hydrogen-bond donors (Lipinski definition) is 1. The van der Waals surface area contributed by atoms with Gasteiger partial charge in [0.25, 0.3) is 0 Å². The SMILES string of the molecule is O=CNCCCN1CCCC2(CC2)C1. The van der Waals surface area contributed by atoms with E-state index < -0.39 is 0 Å². The smallest absolute Gasteiger partial charge is 0.207 e. The number of rotatable bonds is 5. The van der Waals surface area contributed by atoms with Gasteiger partial charge in [0, 0.05) is 13.1 Å². The first kappa shape index (κ1) is 9.97. The zero-order valence-corrected chi connectivity index (χ0v) is 8.80. The van der Waals surface area contributed by atoms with Crippen LogP contribution in [-0.2, 0) is 4.79 Å².